The molecule has 0 bridgehead atoms. The molecule has 1 heterocycles. The van der Waals surface area contributed by atoms with Gasteiger partial charge in [-0.1, -0.05) is 41.9 Å². The molecule has 2 aliphatic rings. The fourth-order valence-electron chi connectivity index (χ4n) is 2.72. The second kappa shape index (κ2) is 3.65. The standard InChI is InChI=1S/C13H20BrN/c1-9-13(2,3)11-6-5-10(8-14)7-12(11)15(9)4/h5-6,9-10H,7-8H2,1-4H3. The Kier molecular flexibility index (Phi) is 2.74. The Morgan fingerprint density at radius 1 is 1.53 bits per heavy atom. The van der Waals surface area contributed by atoms with Crippen molar-refractivity contribution in [1.29, 1.82) is 0 Å². The van der Waals surface area contributed by atoms with E-state index in [0.29, 0.717) is 17.4 Å². The number of halogens is 1. The maximum absolute atomic E-state index is 3.58. The molecule has 0 saturated heterocycles. The van der Waals surface area contributed by atoms with Crippen LogP contribution in [-0.2, 0) is 0 Å². The summed E-state index contributed by atoms with van der Waals surface area (Å²) in [6, 6.07) is 0.612. The Hall–Kier alpha value is -0.240. The fraction of sp³-hybridized carbons (Fsp3) is 0.692. The summed E-state index contributed by atoms with van der Waals surface area (Å²) in [5, 5.41) is 1.07. The number of hydrogen-bond acceptors (Lipinski definition) is 1. The van der Waals surface area contributed by atoms with Gasteiger partial charge in [0.05, 0.1) is 0 Å². The number of nitrogens with zero attached hydrogens (tertiary/aromatic N) is 1. The van der Waals surface area contributed by atoms with Gasteiger partial charge in [-0.2, -0.15) is 0 Å². The van der Waals surface area contributed by atoms with Crippen molar-refractivity contribution in [3.05, 3.63) is 23.4 Å². The molecule has 84 valence electrons. The van der Waals surface area contributed by atoms with Gasteiger partial charge in [0.1, 0.15) is 0 Å². The van der Waals surface area contributed by atoms with Crippen molar-refractivity contribution in [2.45, 2.75) is 33.2 Å². The van der Waals surface area contributed by atoms with E-state index in [1.807, 2.05) is 0 Å². The molecular formula is C13H20BrN. The zero-order valence-electron chi connectivity index (χ0n) is 10.0. The average Bonchev–Trinajstić information content (AvgIpc) is 2.40. The van der Waals surface area contributed by atoms with Crippen LogP contribution in [0.15, 0.2) is 23.4 Å². The van der Waals surface area contributed by atoms with Crippen LogP contribution in [0, 0.1) is 11.3 Å². The fourth-order valence-corrected chi connectivity index (χ4v) is 3.17. The normalized spacial score (nSPS) is 33.5. The highest BCUT2D eigenvalue weighted by atomic mass is 79.9. The molecule has 2 atom stereocenters. The van der Waals surface area contributed by atoms with Crippen molar-refractivity contribution in [2.24, 2.45) is 11.3 Å². The highest BCUT2D eigenvalue weighted by Gasteiger charge is 2.42. The first kappa shape index (κ1) is 11.3. The van der Waals surface area contributed by atoms with Gasteiger partial charge in [0.25, 0.3) is 0 Å². The maximum atomic E-state index is 3.58. The molecule has 1 nitrogen and oxygen atoms in total. The number of allylic oxidation sites excluding steroid dienone is 3. The van der Waals surface area contributed by atoms with Crippen LogP contribution in [0.4, 0.5) is 0 Å². The molecular weight excluding hydrogens is 250 g/mol. The minimum absolute atomic E-state index is 0.303. The Bertz CT molecular complexity index is 327. The van der Waals surface area contributed by atoms with E-state index in [2.05, 4.69) is 60.8 Å². The van der Waals surface area contributed by atoms with Gasteiger partial charge >= 0.3 is 0 Å². The van der Waals surface area contributed by atoms with Gasteiger partial charge in [0.15, 0.2) is 0 Å². The smallest absolute Gasteiger partial charge is 0.0347 e. The van der Waals surface area contributed by atoms with E-state index in [1.165, 1.54) is 6.42 Å². The van der Waals surface area contributed by atoms with Crippen LogP contribution in [0.2, 0.25) is 0 Å². The zero-order valence-corrected chi connectivity index (χ0v) is 11.6. The van der Waals surface area contributed by atoms with Crippen molar-refractivity contribution >= 4 is 15.9 Å². The molecule has 0 N–H and O–H groups in total. The van der Waals surface area contributed by atoms with Crippen molar-refractivity contribution in [2.75, 3.05) is 12.4 Å². The lowest BCUT2D eigenvalue weighted by molar-refractivity contribution is 0.235. The van der Waals surface area contributed by atoms with Gasteiger partial charge in [0, 0.05) is 29.5 Å². The molecule has 1 aliphatic heterocycles. The van der Waals surface area contributed by atoms with E-state index >= 15 is 0 Å². The lowest BCUT2D eigenvalue weighted by Crippen LogP contribution is -2.33. The largest absolute Gasteiger partial charge is 0.374 e. The summed E-state index contributed by atoms with van der Waals surface area (Å²) in [7, 11) is 2.24. The molecule has 0 fully saturated rings. The van der Waals surface area contributed by atoms with Crippen LogP contribution in [0.1, 0.15) is 27.2 Å². The van der Waals surface area contributed by atoms with Crippen LogP contribution < -0.4 is 0 Å². The van der Waals surface area contributed by atoms with Crippen LogP contribution in [0.25, 0.3) is 0 Å². The lowest BCUT2D eigenvalue weighted by atomic mass is 9.78. The third-order valence-corrected chi connectivity index (χ3v) is 5.08. The molecule has 0 aromatic carbocycles. The van der Waals surface area contributed by atoms with E-state index in [1.54, 1.807) is 11.3 Å². The van der Waals surface area contributed by atoms with Crippen LogP contribution in [-0.4, -0.2) is 23.3 Å². The average molecular weight is 270 g/mol. The molecule has 15 heavy (non-hydrogen) atoms. The predicted molar refractivity (Wildman–Crippen MR) is 69.1 cm³/mol. The third-order valence-electron chi connectivity index (χ3n) is 4.25. The summed E-state index contributed by atoms with van der Waals surface area (Å²) in [6.45, 7) is 7.04. The SMILES string of the molecule is CC1N(C)C2=C(C=CC(CBr)C2)C1(C)C. The third kappa shape index (κ3) is 1.57. The molecule has 0 aromatic rings. The molecule has 0 radical (unpaired) electrons. The summed E-state index contributed by atoms with van der Waals surface area (Å²) >= 11 is 3.58. The van der Waals surface area contributed by atoms with Gasteiger partial charge in [-0.15, -0.1) is 0 Å². The van der Waals surface area contributed by atoms with E-state index in [4.69, 9.17) is 0 Å². The molecule has 0 amide bonds. The van der Waals surface area contributed by atoms with E-state index in [9.17, 15) is 0 Å². The van der Waals surface area contributed by atoms with E-state index in [0.717, 1.165) is 5.33 Å². The van der Waals surface area contributed by atoms with Crippen molar-refractivity contribution < 1.29 is 0 Å². The van der Waals surface area contributed by atoms with Gasteiger partial charge in [-0.3, -0.25) is 0 Å². The molecule has 2 unspecified atom stereocenters. The molecule has 0 saturated carbocycles. The van der Waals surface area contributed by atoms with Crippen LogP contribution in [0.3, 0.4) is 0 Å². The van der Waals surface area contributed by atoms with Gasteiger partial charge < -0.3 is 4.90 Å². The van der Waals surface area contributed by atoms with Gasteiger partial charge in [-0.05, 0) is 24.8 Å². The summed E-state index contributed by atoms with van der Waals surface area (Å²) in [5.41, 5.74) is 3.41. The number of alkyl halides is 1. The Morgan fingerprint density at radius 3 is 2.80 bits per heavy atom. The summed E-state index contributed by atoms with van der Waals surface area (Å²) in [6.07, 6.45) is 5.91. The van der Waals surface area contributed by atoms with Gasteiger partial charge in [0.2, 0.25) is 0 Å². The summed E-state index contributed by atoms with van der Waals surface area (Å²) < 4.78 is 0. The first-order chi connectivity index (χ1) is 6.98. The second-order valence-corrected chi connectivity index (χ2v) is 5.99. The van der Waals surface area contributed by atoms with Gasteiger partial charge in [-0.25, -0.2) is 0 Å². The quantitative estimate of drug-likeness (QED) is 0.658. The second-order valence-electron chi connectivity index (χ2n) is 5.35. The van der Waals surface area contributed by atoms with E-state index < -0.39 is 0 Å². The summed E-state index contributed by atoms with van der Waals surface area (Å²) in [5.74, 6) is 0.673. The molecule has 2 heteroatoms. The van der Waals surface area contributed by atoms with Crippen LogP contribution in [0.5, 0.6) is 0 Å². The molecule has 2 rings (SSSR count). The highest BCUT2D eigenvalue weighted by Crippen LogP contribution is 2.47. The van der Waals surface area contributed by atoms with Crippen LogP contribution >= 0.6 is 15.9 Å². The molecule has 0 spiro atoms. The van der Waals surface area contributed by atoms with Crippen molar-refractivity contribution in [1.82, 2.24) is 4.90 Å². The minimum Gasteiger partial charge on any atom is -0.374 e. The Labute approximate surface area is 101 Å². The first-order valence-electron chi connectivity index (χ1n) is 5.69. The molecule has 0 aromatic heterocycles. The summed E-state index contributed by atoms with van der Waals surface area (Å²) in [4.78, 5) is 2.47. The van der Waals surface area contributed by atoms with E-state index in [-0.39, 0.29) is 0 Å². The maximum Gasteiger partial charge on any atom is 0.0347 e. The Morgan fingerprint density at radius 2 is 2.20 bits per heavy atom. The number of hydrogen-bond donors (Lipinski definition) is 0. The van der Waals surface area contributed by atoms with Crippen molar-refractivity contribution in [3.8, 4) is 0 Å². The van der Waals surface area contributed by atoms with Crippen molar-refractivity contribution in [3.63, 3.8) is 0 Å². The zero-order chi connectivity index (χ0) is 11.2. The number of rotatable bonds is 1. The minimum atomic E-state index is 0.303. The first-order valence-corrected chi connectivity index (χ1v) is 6.81. The molecule has 1 aliphatic carbocycles. The Balaban J connectivity index is 2.35. The highest BCUT2D eigenvalue weighted by molar-refractivity contribution is 9.09. The topological polar surface area (TPSA) is 3.24 Å². The monoisotopic (exact) mass is 269 g/mol. The lowest BCUT2D eigenvalue weighted by Gasteiger charge is -2.30. The predicted octanol–water partition coefficient (Wildman–Crippen LogP) is 3.57.